The molecule has 4 N–H and O–H groups in total. The fourth-order valence-electron chi connectivity index (χ4n) is 2.22. The van der Waals surface area contributed by atoms with Crippen molar-refractivity contribution in [3.05, 3.63) is 53.6 Å². The van der Waals surface area contributed by atoms with Gasteiger partial charge in [0.15, 0.2) is 0 Å². The summed E-state index contributed by atoms with van der Waals surface area (Å²) in [5.74, 6) is -0.332. The van der Waals surface area contributed by atoms with Gasteiger partial charge in [-0.15, -0.1) is 12.4 Å². The van der Waals surface area contributed by atoms with Crippen molar-refractivity contribution in [2.75, 3.05) is 11.1 Å². The molecule has 0 saturated heterocycles. The lowest BCUT2D eigenvalue weighted by atomic mass is 10.1. The van der Waals surface area contributed by atoms with Crippen molar-refractivity contribution >= 4 is 39.7 Å². The van der Waals surface area contributed by atoms with Crippen LogP contribution in [0.1, 0.15) is 36.7 Å². The number of nitrogen functional groups attached to an aromatic ring is 1. The van der Waals surface area contributed by atoms with E-state index in [2.05, 4.69) is 10.0 Å². The number of hydrogen-bond donors (Lipinski definition) is 3. The lowest BCUT2D eigenvalue weighted by Crippen LogP contribution is -2.40. The Kier molecular flexibility index (Phi) is 6.82. The number of amides is 1. The third-order valence-electron chi connectivity index (χ3n) is 3.38. The van der Waals surface area contributed by atoms with E-state index >= 15 is 0 Å². The lowest BCUT2D eigenvalue weighted by molar-refractivity contribution is 0.102. The number of halogens is 1. The molecule has 0 aliphatic rings. The van der Waals surface area contributed by atoms with Crippen molar-refractivity contribution in [2.24, 2.45) is 0 Å². The molecule has 6 nitrogen and oxygen atoms in total. The van der Waals surface area contributed by atoms with Gasteiger partial charge in [0.05, 0.1) is 4.90 Å². The molecule has 2 aromatic rings. The van der Waals surface area contributed by atoms with Gasteiger partial charge in [-0.05, 0) is 69.7 Å². The molecular formula is C18H24ClN3O3S. The standard InChI is InChI=1S/C18H23N3O3S.ClH/c1-12-5-8-14(19)11-16(12)20-17(22)13-6-9-15(10-7-13)25(23,24)21-18(2,3)4;/h5-11,21H,19H2,1-4H3,(H,20,22);1H. The number of nitrogens with one attached hydrogen (secondary N) is 2. The highest BCUT2D eigenvalue weighted by Crippen LogP contribution is 2.20. The SMILES string of the molecule is Cc1ccc(N)cc1NC(=O)c1ccc(S(=O)(=O)NC(C)(C)C)cc1.Cl. The van der Waals surface area contributed by atoms with Gasteiger partial charge in [-0.2, -0.15) is 0 Å². The maximum Gasteiger partial charge on any atom is 0.255 e. The Labute approximate surface area is 160 Å². The van der Waals surface area contributed by atoms with E-state index in [9.17, 15) is 13.2 Å². The zero-order valence-electron chi connectivity index (χ0n) is 15.2. The van der Waals surface area contributed by atoms with Crippen LogP contribution in [0.2, 0.25) is 0 Å². The third kappa shape index (κ3) is 5.72. The molecule has 0 saturated carbocycles. The van der Waals surface area contributed by atoms with Gasteiger partial charge in [-0.1, -0.05) is 6.07 Å². The predicted molar refractivity (Wildman–Crippen MR) is 107 cm³/mol. The first-order chi connectivity index (χ1) is 11.5. The minimum absolute atomic E-state index is 0. The van der Waals surface area contributed by atoms with Gasteiger partial charge in [0.25, 0.3) is 5.91 Å². The lowest BCUT2D eigenvalue weighted by Gasteiger charge is -2.20. The van der Waals surface area contributed by atoms with Gasteiger partial charge < -0.3 is 11.1 Å². The van der Waals surface area contributed by atoms with E-state index in [4.69, 9.17) is 5.73 Å². The molecule has 0 aliphatic carbocycles. The molecule has 0 unspecified atom stereocenters. The Bertz CT molecular complexity index is 889. The van der Waals surface area contributed by atoms with Gasteiger partial charge in [0, 0.05) is 22.5 Å². The molecule has 26 heavy (non-hydrogen) atoms. The second-order valence-corrected chi connectivity index (χ2v) is 8.59. The summed E-state index contributed by atoms with van der Waals surface area (Å²) in [5.41, 5.74) is 7.57. The number of nitrogens with two attached hydrogens (primary N) is 1. The number of anilines is 2. The molecule has 142 valence electrons. The molecule has 0 radical (unpaired) electrons. The number of aryl methyl sites for hydroxylation is 1. The van der Waals surface area contributed by atoms with E-state index in [1.807, 2.05) is 13.0 Å². The molecule has 0 fully saturated rings. The Hall–Kier alpha value is -2.09. The van der Waals surface area contributed by atoms with E-state index in [1.54, 1.807) is 32.9 Å². The summed E-state index contributed by atoms with van der Waals surface area (Å²) in [4.78, 5) is 12.5. The van der Waals surface area contributed by atoms with Crippen molar-refractivity contribution in [3.63, 3.8) is 0 Å². The molecule has 8 heteroatoms. The first-order valence-electron chi connectivity index (χ1n) is 7.79. The summed E-state index contributed by atoms with van der Waals surface area (Å²) in [7, 11) is -3.63. The molecule has 0 spiro atoms. The van der Waals surface area contributed by atoms with Crippen LogP contribution in [-0.4, -0.2) is 19.9 Å². The van der Waals surface area contributed by atoms with Crippen LogP contribution in [0.3, 0.4) is 0 Å². The van der Waals surface area contributed by atoms with E-state index in [0.717, 1.165) is 5.56 Å². The van der Waals surface area contributed by atoms with Crippen molar-refractivity contribution in [1.29, 1.82) is 0 Å². The maximum atomic E-state index is 12.4. The van der Waals surface area contributed by atoms with Crippen LogP contribution in [0, 0.1) is 6.92 Å². The van der Waals surface area contributed by atoms with Crippen LogP contribution in [0.25, 0.3) is 0 Å². The monoisotopic (exact) mass is 397 g/mol. The third-order valence-corrected chi connectivity index (χ3v) is 5.15. The van der Waals surface area contributed by atoms with Crippen LogP contribution < -0.4 is 15.8 Å². The fourth-order valence-corrected chi connectivity index (χ4v) is 3.63. The number of carbonyl (C=O) groups excluding carboxylic acids is 1. The summed E-state index contributed by atoms with van der Waals surface area (Å²) < 4.78 is 27.1. The summed E-state index contributed by atoms with van der Waals surface area (Å²) >= 11 is 0. The van der Waals surface area contributed by atoms with Gasteiger partial charge in [0.1, 0.15) is 0 Å². The average molecular weight is 398 g/mol. The fraction of sp³-hybridized carbons (Fsp3) is 0.278. The molecule has 0 bridgehead atoms. The van der Waals surface area contributed by atoms with E-state index in [0.29, 0.717) is 16.9 Å². The highest BCUT2D eigenvalue weighted by molar-refractivity contribution is 7.89. The molecule has 1 amide bonds. The van der Waals surface area contributed by atoms with E-state index in [-0.39, 0.29) is 23.2 Å². The molecule has 0 atom stereocenters. The highest BCUT2D eigenvalue weighted by Gasteiger charge is 2.22. The number of benzene rings is 2. The van der Waals surface area contributed by atoms with Crippen molar-refractivity contribution in [1.82, 2.24) is 4.72 Å². The molecular weight excluding hydrogens is 374 g/mol. The number of sulfonamides is 1. The number of carbonyl (C=O) groups is 1. The summed E-state index contributed by atoms with van der Waals surface area (Å²) in [6, 6.07) is 11.0. The van der Waals surface area contributed by atoms with Crippen LogP contribution in [-0.2, 0) is 10.0 Å². The minimum Gasteiger partial charge on any atom is -0.399 e. The average Bonchev–Trinajstić information content (AvgIpc) is 2.48. The Morgan fingerprint density at radius 3 is 2.15 bits per heavy atom. The summed E-state index contributed by atoms with van der Waals surface area (Å²) in [6.07, 6.45) is 0. The molecule has 0 aromatic heterocycles. The number of rotatable bonds is 4. The van der Waals surface area contributed by atoms with Crippen LogP contribution in [0.4, 0.5) is 11.4 Å². The Balaban J connectivity index is 0.00000338. The van der Waals surface area contributed by atoms with Crippen molar-refractivity contribution < 1.29 is 13.2 Å². The van der Waals surface area contributed by atoms with Gasteiger partial charge in [-0.3, -0.25) is 4.79 Å². The first-order valence-corrected chi connectivity index (χ1v) is 9.28. The van der Waals surface area contributed by atoms with Gasteiger partial charge >= 0.3 is 0 Å². The van der Waals surface area contributed by atoms with Gasteiger partial charge in [-0.25, -0.2) is 13.1 Å². The second-order valence-electron chi connectivity index (χ2n) is 6.91. The zero-order chi connectivity index (χ0) is 18.8. The molecule has 2 rings (SSSR count). The van der Waals surface area contributed by atoms with Crippen LogP contribution in [0.5, 0.6) is 0 Å². The highest BCUT2D eigenvalue weighted by atomic mass is 35.5. The van der Waals surface area contributed by atoms with E-state index < -0.39 is 15.6 Å². The van der Waals surface area contributed by atoms with Crippen molar-refractivity contribution in [2.45, 2.75) is 38.1 Å². The van der Waals surface area contributed by atoms with E-state index in [1.165, 1.54) is 24.3 Å². The van der Waals surface area contributed by atoms with Gasteiger partial charge in [0.2, 0.25) is 10.0 Å². The smallest absolute Gasteiger partial charge is 0.255 e. The summed E-state index contributed by atoms with van der Waals surface area (Å²) in [5, 5.41) is 2.78. The van der Waals surface area contributed by atoms with Crippen LogP contribution in [0.15, 0.2) is 47.4 Å². The topological polar surface area (TPSA) is 101 Å². The molecule has 0 heterocycles. The minimum atomic E-state index is -3.63. The number of hydrogen-bond acceptors (Lipinski definition) is 4. The molecule has 2 aromatic carbocycles. The summed E-state index contributed by atoms with van der Waals surface area (Å²) in [6.45, 7) is 7.16. The van der Waals surface area contributed by atoms with Crippen molar-refractivity contribution in [3.8, 4) is 0 Å². The zero-order valence-corrected chi connectivity index (χ0v) is 16.8. The maximum absolute atomic E-state index is 12.4. The predicted octanol–water partition coefficient (Wildman–Crippen LogP) is 3.33. The Morgan fingerprint density at radius 1 is 1.04 bits per heavy atom. The quantitative estimate of drug-likeness (QED) is 0.688. The van der Waals surface area contributed by atoms with Crippen LogP contribution >= 0.6 is 12.4 Å². The normalized spacial score (nSPS) is 11.5. The molecule has 0 aliphatic heterocycles. The first kappa shape index (κ1) is 22.0. The largest absolute Gasteiger partial charge is 0.399 e. The Morgan fingerprint density at radius 2 is 1.62 bits per heavy atom. The second kappa shape index (κ2) is 8.07.